The quantitative estimate of drug-likeness (QED) is 0.783. The van der Waals surface area contributed by atoms with Crippen LogP contribution in [0.2, 0.25) is 0 Å². The van der Waals surface area contributed by atoms with Gasteiger partial charge in [-0.3, -0.25) is 4.68 Å². The van der Waals surface area contributed by atoms with E-state index in [0.29, 0.717) is 19.0 Å². The Morgan fingerprint density at radius 2 is 2.17 bits per heavy atom. The zero-order valence-electron chi connectivity index (χ0n) is 10.2. The van der Waals surface area contributed by atoms with Crippen LogP contribution in [0.25, 0.3) is 0 Å². The monoisotopic (exact) mass is 273 g/mol. The molecule has 0 spiro atoms. The Hall–Kier alpha value is -0.920. The third-order valence-electron chi connectivity index (χ3n) is 3.29. The molecule has 1 aromatic rings. The van der Waals surface area contributed by atoms with E-state index in [0.717, 1.165) is 12.8 Å². The Bertz CT molecular complexity index is 477. The fourth-order valence-electron chi connectivity index (χ4n) is 2.23. The van der Waals surface area contributed by atoms with Crippen LogP contribution in [0.15, 0.2) is 17.3 Å². The molecule has 0 amide bonds. The highest BCUT2D eigenvalue weighted by molar-refractivity contribution is 7.89. The molecule has 0 aromatic carbocycles. The van der Waals surface area contributed by atoms with Crippen molar-refractivity contribution in [3.05, 3.63) is 12.4 Å². The third kappa shape index (κ3) is 3.30. The number of nitrogens with zero attached hydrogens (tertiary/aromatic N) is 2. The lowest BCUT2D eigenvalue weighted by Crippen LogP contribution is -2.28. The van der Waals surface area contributed by atoms with Gasteiger partial charge in [0.25, 0.3) is 0 Å². The average molecular weight is 273 g/mol. The Morgan fingerprint density at radius 1 is 1.44 bits per heavy atom. The molecular formula is C11H19N3O3S. The average Bonchev–Trinajstić information content (AvgIpc) is 2.98. The molecule has 2 N–H and O–H groups in total. The van der Waals surface area contributed by atoms with Crippen LogP contribution in [0.1, 0.15) is 25.7 Å². The summed E-state index contributed by atoms with van der Waals surface area (Å²) in [6.45, 7) is 0.752. The van der Waals surface area contributed by atoms with E-state index in [-0.39, 0.29) is 11.5 Å². The van der Waals surface area contributed by atoms with E-state index in [1.165, 1.54) is 29.9 Å². The van der Waals surface area contributed by atoms with Crippen molar-refractivity contribution in [1.82, 2.24) is 14.5 Å². The predicted octanol–water partition coefficient (Wildman–Crippen LogP) is 0.344. The Kier molecular flexibility index (Phi) is 4.36. The molecule has 0 saturated heterocycles. The Balaban J connectivity index is 1.95. The summed E-state index contributed by atoms with van der Waals surface area (Å²) in [5.41, 5.74) is 0. The van der Waals surface area contributed by atoms with Gasteiger partial charge in [-0.1, -0.05) is 12.8 Å². The zero-order chi connectivity index (χ0) is 13.0. The van der Waals surface area contributed by atoms with Crippen LogP contribution in [0.4, 0.5) is 0 Å². The summed E-state index contributed by atoms with van der Waals surface area (Å²) in [7, 11) is -3.46. The van der Waals surface area contributed by atoms with Gasteiger partial charge in [0.05, 0.1) is 19.3 Å². The van der Waals surface area contributed by atoms with Crippen LogP contribution in [0, 0.1) is 5.92 Å². The topological polar surface area (TPSA) is 84.2 Å². The molecule has 1 heterocycles. The van der Waals surface area contributed by atoms with E-state index in [1.54, 1.807) is 0 Å². The van der Waals surface area contributed by atoms with Gasteiger partial charge in [0, 0.05) is 12.7 Å². The molecule has 18 heavy (non-hydrogen) atoms. The number of sulfonamides is 1. The molecular weight excluding hydrogens is 254 g/mol. The summed E-state index contributed by atoms with van der Waals surface area (Å²) in [5, 5.41) is 12.6. The Labute approximate surface area is 107 Å². The second kappa shape index (κ2) is 5.81. The summed E-state index contributed by atoms with van der Waals surface area (Å²) < 4.78 is 28.0. The van der Waals surface area contributed by atoms with Crippen molar-refractivity contribution in [2.75, 3.05) is 13.2 Å². The molecule has 0 atom stereocenters. The summed E-state index contributed by atoms with van der Waals surface area (Å²) in [5.74, 6) is 0.465. The molecule has 0 radical (unpaired) electrons. The number of aromatic nitrogens is 2. The van der Waals surface area contributed by atoms with Gasteiger partial charge in [-0.25, -0.2) is 13.1 Å². The van der Waals surface area contributed by atoms with Gasteiger partial charge >= 0.3 is 0 Å². The molecule has 102 valence electrons. The molecule has 1 aliphatic carbocycles. The first-order valence-electron chi connectivity index (χ1n) is 6.25. The van der Waals surface area contributed by atoms with Crippen LogP contribution in [0.3, 0.4) is 0 Å². The van der Waals surface area contributed by atoms with Crippen molar-refractivity contribution in [2.24, 2.45) is 5.92 Å². The lowest BCUT2D eigenvalue weighted by Gasteiger charge is -2.09. The van der Waals surface area contributed by atoms with Gasteiger partial charge in [-0.15, -0.1) is 0 Å². The maximum Gasteiger partial charge on any atom is 0.243 e. The van der Waals surface area contributed by atoms with E-state index >= 15 is 0 Å². The number of aliphatic hydroxyl groups excluding tert-OH is 1. The number of rotatable bonds is 6. The predicted molar refractivity (Wildman–Crippen MR) is 66.5 cm³/mol. The third-order valence-corrected chi connectivity index (χ3v) is 4.66. The number of aliphatic hydroxyl groups is 1. The lowest BCUT2D eigenvalue weighted by molar-refractivity contribution is 0.269. The normalized spacial score (nSPS) is 17.4. The summed E-state index contributed by atoms with van der Waals surface area (Å²) in [4.78, 5) is 0.161. The van der Waals surface area contributed by atoms with Gasteiger partial charge in [0.1, 0.15) is 4.90 Å². The molecule has 0 unspecified atom stereocenters. The first-order valence-corrected chi connectivity index (χ1v) is 7.73. The van der Waals surface area contributed by atoms with E-state index in [4.69, 9.17) is 5.11 Å². The highest BCUT2D eigenvalue weighted by atomic mass is 32.2. The minimum Gasteiger partial charge on any atom is -0.394 e. The fourth-order valence-corrected chi connectivity index (χ4v) is 3.30. The van der Waals surface area contributed by atoms with Gasteiger partial charge in [0.2, 0.25) is 10.0 Å². The van der Waals surface area contributed by atoms with Crippen LogP contribution >= 0.6 is 0 Å². The van der Waals surface area contributed by atoms with Crippen molar-refractivity contribution >= 4 is 10.0 Å². The second-order valence-corrected chi connectivity index (χ2v) is 6.43. The molecule has 0 bridgehead atoms. The maximum absolute atomic E-state index is 12.0. The second-order valence-electron chi connectivity index (χ2n) is 4.67. The van der Waals surface area contributed by atoms with Crippen LogP contribution in [-0.4, -0.2) is 36.5 Å². The van der Waals surface area contributed by atoms with Gasteiger partial charge < -0.3 is 5.11 Å². The van der Waals surface area contributed by atoms with Gasteiger partial charge in [-0.05, 0) is 18.8 Å². The SMILES string of the molecule is O=S(=O)(NCC1CCCC1)c1cnn(CCO)c1. The molecule has 6 nitrogen and oxygen atoms in total. The highest BCUT2D eigenvalue weighted by Crippen LogP contribution is 2.24. The minimum atomic E-state index is -3.46. The Morgan fingerprint density at radius 3 is 2.83 bits per heavy atom. The molecule has 1 fully saturated rings. The van der Waals surface area contributed by atoms with Crippen molar-refractivity contribution in [3.63, 3.8) is 0 Å². The van der Waals surface area contributed by atoms with Crippen molar-refractivity contribution in [2.45, 2.75) is 37.1 Å². The molecule has 0 aliphatic heterocycles. The fraction of sp³-hybridized carbons (Fsp3) is 0.727. The first-order chi connectivity index (χ1) is 8.62. The smallest absolute Gasteiger partial charge is 0.243 e. The van der Waals surface area contributed by atoms with Crippen LogP contribution in [-0.2, 0) is 16.6 Å². The molecule has 7 heteroatoms. The van der Waals surface area contributed by atoms with Crippen molar-refractivity contribution < 1.29 is 13.5 Å². The van der Waals surface area contributed by atoms with Gasteiger partial charge in [0.15, 0.2) is 0 Å². The van der Waals surface area contributed by atoms with E-state index < -0.39 is 10.0 Å². The molecule has 1 aliphatic rings. The molecule has 2 rings (SSSR count). The van der Waals surface area contributed by atoms with Crippen molar-refractivity contribution in [3.8, 4) is 0 Å². The maximum atomic E-state index is 12.0. The van der Waals surface area contributed by atoms with Crippen LogP contribution < -0.4 is 4.72 Å². The number of hydrogen-bond donors (Lipinski definition) is 2. The van der Waals surface area contributed by atoms with E-state index in [2.05, 4.69) is 9.82 Å². The van der Waals surface area contributed by atoms with Gasteiger partial charge in [-0.2, -0.15) is 5.10 Å². The highest BCUT2D eigenvalue weighted by Gasteiger charge is 2.20. The number of nitrogens with one attached hydrogen (secondary N) is 1. The summed E-state index contributed by atoms with van der Waals surface area (Å²) in [6, 6.07) is 0. The zero-order valence-corrected chi connectivity index (χ0v) is 11.1. The van der Waals surface area contributed by atoms with Crippen molar-refractivity contribution in [1.29, 1.82) is 0 Å². The number of hydrogen-bond acceptors (Lipinski definition) is 4. The lowest BCUT2D eigenvalue weighted by atomic mass is 10.1. The van der Waals surface area contributed by atoms with Crippen LogP contribution in [0.5, 0.6) is 0 Å². The standard InChI is InChI=1S/C11H19N3O3S/c15-6-5-14-9-11(8-12-14)18(16,17)13-7-10-3-1-2-4-10/h8-10,13,15H,1-7H2. The molecule has 1 saturated carbocycles. The van der Waals surface area contributed by atoms with E-state index in [9.17, 15) is 8.42 Å². The first kappa shape index (κ1) is 13.5. The largest absolute Gasteiger partial charge is 0.394 e. The summed E-state index contributed by atoms with van der Waals surface area (Å²) in [6.07, 6.45) is 7.35. The molecule has 1 aromatic heterocycles. The van der Waals surface area contributed by atoms with E-state index in [1.807, 2.05) is 0 Å². The minimum absolute atomic E-state index is 0.0589. The summed E-state index contributed by atoms with van der Waals surface area (Å²) >= 11 is 0.